The first-order chi connectivity index (χ1) is 21.7. The van der Waals surface area contributed by atoms with E-state index >= 15 is 0 Å². The number of hydrogen-bond donors (Lipinski definition) is 1. The molecule has 0 fully saturated rings. The highest BCUT2D eigenvalue weighted by molar-refractivity contribution is 6.33. The van der Waals surface area contributed by atoms with Crippen LogP contribution >= 0.6 is 23.2 Å². The average Bonchev–Trinajstić information content (AvgIpc) is 3.04. The fourth-order valence-corrected chi connectivity index (χ4v) is 4.18. The number of nitrogens with one attached hydrogen (secondary N) is 1. The highest BCUT2D eigenvalue weighted by Gasteiger charge is 2.21. The Morgan fingerprint density at radius 2 is 1.31 bits per heavy atom. The third kappa shape index (κ3) is 9.83. The van der Waals surface area contributed by atoms with Crippen LogP contribution in [0.1, 0.15) is 55.3 Å². The molecule has 0 unspecified atom stereocenters. The Balaban J connectivity index is 0.000000248. The van der Waals surface area contributed by atoms with Crippen molar-refractivity contribution in [2.24, 2.45) is 0 Å². The predicted octanol–water partition coefficient (Wildman–Crippen LogP) is 6.33. The molecule has 2 aromatic carbocycles. The minimum atomic E-state index is -0.455. The minimum absolute atomic E-state index is 0.00364. The zero-order valence-corrected chi connectivity index (χ0v) is 26.2. The van der Waals surface area contributed by atoms with Crippen molar-refractivity contribution in [3.63, 3.8) is 0 Å². The summed E-state index contributed by atoms with van der Waals surface area (Å²) in [5, 5.41) is 2.89. The lowest BCUT2D eigenvalue weighted by Gasteiger charge is -2.22. The van der Waals surface area contributed by atoms with Gasteiger partial charge in [-0.1, -0.05) is 35.3 Å². The van der Waals surface area contributed by atoms with Gasteiger partial charge < -0.3 is 19.5 Å². The van der Waals surface area contributed by atoms with Gasteiger partial charge in [0.25, 0.3) is 11.8 Å². The zero-order chi connectivity index (χ0) is 32.8. The van der Waals surface area contributed by atoms with Crippen LogP contribution in [0.4, 0.5) is 11.4 Å². The molecule has 0 saturated carbocycles. The number of rotatable bonds is 10. The van der Waals surface area contributed by atoms with Gasteiger partial charge in [0.1, 0.15) is 17.0 Å². The molecular formula is C32H30Cl2N4O7. The first-order valence-electron chi connectivity index (χ1n) is 13.6. The van der Waals surface area contributed by atoms with E-state index in [2.05, 4.69) is 15.3 Å². The largest absolute Gasteiger partial charge is 0.462 e. The second kappa shape index (κ2) is 17.5. The Kier molecular flexibility index (Phi) is 13.4. The van der Waals surface area contributed by atoms with E-state index in [1.54, 1.807) is 86.6 Å². The first-order valence-corrected chi connectivity index (χ1v) is 14.3. The SMILES string of the molecule is CCOC(=O)c1cccc(N(COC)C(=O)c2cccnc2Cl)c1.CCOC(=O)c1cccc(NC(=O)c2cccnc2Cl)c1. The lowest BCUT2D eigenvalue weighted by Crippen LogP contribution is -2.33. The van der Waals surface area contributed by atoms with E-state index in [1.165, 1.54) is 24.4 Å². The number of nitrogens with zero attached hydrogens (tertiary/aromatic N) is 3. The number of amides is 2. The molecule has 0 aliphatic heterocycles. The second-order valence-electron chi connectivity index (χ2n) is 8.86. The Labute approximate surface area is 270 Å². The van der Waals surface area contributed by atoms with E-state index in [1.807, 2.05) is 0 Å². The number of benzene rings is 2. The number of ether oxygens (including phenoxy) is 3. The molecule has 0 bridgehead atoms. The number of esters is 2. The van der Waals surface area contributed by atoms with E-state index in [0.717, 1.165) is 0 Å². The van der Waals surface area contributed by atoms with Crippen LogP contribution < -0.4 is 10.2 Å². The molecule has 1 N–H and O–H groups in total. The summed E-state index contributed by atoms with van der Waals surface area (Å²) in [6, 6.07) is 19.4. The summed E-state index contributed by atoms with van der Waals surface area (Å²) >= 11 is 11.9. The topological polar surface area (TPSA) is 137 Å². The molecule has 2 heterocycles. The molecule has 0 aliphatic carbocycles. The highest BCUT2D eigenvalue weighted by atomic mass is 35.5. The molecular weight excluding hydrogens is 623 g/mol. The Bertz CT molecular complexity index is 1650. The molecule has 2 amide bonds. The van der Waals surface area contributed by atoms with Crippen molar-refractivity contribution < 1.29 is 33.4 Å². The molecule has 0 radical (unpaired) electrons. The molecule has 4 rings (SSSR count). The number of halogens is 2. The number of aromatic nitrogens is 2. The molecule has 0 atom stereocenters. The van der Waals surface area contributed by atoms with Crippen LogP contribution in [0.5, 0.6) is 0 Å². The van der Waals surface area contributed by atoms with Crippen molar-refractivity contribution in [1.29, 1.82) is 0 Å². The molecule has 234 valence electrons. The van der Waals surface area contributed by atoms with E-state index in [4.69, 9.17) is 37.4 Å². The van der Waals surface area contributed by atoms with E-state index in [-0.39, 0.29) is 40.7 Å². The molecule has 11 nitrogen and oxygen atoms in total. The predicted molar refractivity (Wildman–Crippen MR) is 170 cm³/mol. The number of pyridine rings is 2. The molecule has 45 heavy (non-hydrogen) atoms. The fraction of sp³-hybridized carbons (Fsp3) is 0.188. The summed E-state index contributed by atoms with van der Waals surface area (Å²) in [4.78, 5) is 57.5. The minimum Gasteiger partial charge on any atom is -0.462 e. The quantitative estimate of drug-likeness (QED) is 0.118. The van der Waals surface area contributed by atoms with Crippen molar-refractivity contribution in [1.82, 2.24) is 9.97 Å². The molecule has 0 aliphatic rings. The van der Waals surface area contributed by atoms with Gasteiger partial charge in [-0.2, -0.15) is 0 Å². The molecule has 0 spiro atoms. The maximum atomic E-state index is 12.8. The number of methoxy groups -OCH3 is 1. The van der Waals surface area contributed by atoms with Gasteiger partial charge in [-0.3, -0.25) is 14.5 Å². The Morgan fingerprint density at radius 1 is 0.756 bits per heavy atom. The van der Waals surface area contributed by atoms with Crippen LogP contribution in [-0.4, -0.2) is 60.8 Å². The van der Waals surface area contributed by atoms with Crippen molar-refractivity contribution in [3.8, 4) is 0 Å². The van der Waals surface area contributed by atoms with Crippen LogP contribution in [-0.2, 0) is 14.2 Å². The molecule has 2 aromatic heterocycles. The number of carbonyl (C=O) groups excluding carboxylic acids is 4. The fourth-order valence-electron chi connectivity index (χ4n) is 3.78. The van der Waals surface area contributed by atoms with Crippen LogP contribution in [0.3, 0.4) is 0 Å². The van der Waals surface area contributed by atoms with Crippen LogP contribution in [0.15, 0.2) is 85.2 Å². The van der Waals surface area contributed by atoms with Crippen molar-refractivity contribution in [2.45, 2.75) is 13.8 Å². The smallest absolute Gasteiger partial charge is 0.338 e. The number of carbonyl (C=O) groups is 4. The van der Waals surface area contributed by atoms with Gasteiger partial charge in [-0.15, -0.1) is 0 Å². The normalized spacial score (nSPS) is 10.2. The van der Waals surface area contributed by atoms with Gasteiger partial charge in [-0.25, -0.2) is 19.6 Å². The summed E-state index contributed by atoms with van der Waals surface area (Å²) in [6.07, 6.45) is 3.00. The summed E-state index contributed by atoms with van der Waals surface area (Å²) in [5.41, 5.74) is 2.20. The molecule has 4 aromatic rings. The summed E-state index contributed by atoms with van der Waals surface area (Å²) < 4.78 is 15.0. The van der Waals surface area contributed by atoms with Gasteiger partial charge in [0.2, 0.25) is 0 Å². The van der Waals surface area contributed by atoms with Crippen LogP contribution in [0, 0.1) is 0 Å². The van der Waals surface area contributed by atoms with Gasteiger partial charge in [0, 0.05) is 30.9 Å². The highest BCUT2D eigenvalue weighted by Crippen LogP contribution is 2.22. The van der Waals surface area contributed by atoms with Gasteiger partial charge in [0.15, 0.2) is 0 Å². The third-order valence-electron chi connectivity index (χ3n) is 5.80. The second-order valence-corrected chi connectivity index (χ2v) is 9.58. The lowest BCUT2D eigenvalue weighted by atomic mass is 10.1. The number of anilines is 2. The van der Waals surface area contributed by atoms with E-state index in [0.29, 0.717) is 29.1 Å². The van der Waals surface area contributed by atoms with Gasteiger partial charge in [-0.05, 0) is 74.5 Å². The summed E-state index contributed by atoms with van der Waals surface area (Å²) in [5.74, 6) is -1.67. The van der Waals surface area contributed by atoms with Gasteiger partial charge in [0.05, 0.1) is 35.5 Å². The maximum Gasteiger partial charge on any atom is 0.338 e. The molecule has 13 heteroatoms. The van der Waals surface area contributed by atoms with Crippen LogP contribution in [0.25, 0.3) is 0 Å². The van der Waals surface area contributed by atoms with Crippen molar-refractivity contribution in [2.75, 3.05) is 37.3 Å². The van der Waals surface area contributed by atoms with Crippen LogP contribution in [0.2, 0.25) is 10.3 Å². The van der Waals surface area contributed by atoms with E-state index in [9.17, 15) is 19.2 Å². The summed E-state index contributed by atoms with van der Waals surface area (Å²) in [7, 11) is 1.47. The third-order valence-corrected chi connectivity index (χ3v) is 6.40. The Morgan fingerprint density at radius 3 is 1.87 bits per heavy atom. The first kappa shape index (κ1) is 34.6. The maximum absolute atomic E-state index is 12.8. The van der Waals surface area contributed by atoms with Gasteiger partial charge >= 0.3 is 11.9 Å². The Hall–Kier alpha value is -4.84. The standard InChI is InChI=1S/C17H17ClN2O4.C15H13ClN2O3/c1-3-24-17(22)12-6-4-7-13(10-12)20(11-23-2)16(21)14-8-5-9-19-15(14)18;1-2-21-15(20)10-5-3-6-11(9-10)18-14(19)12-7-4-8-17-13(12)16/h4-10H,3,11H2,1-2H3;3-9H,2H2,1H3,(H,18,19). The van der Waals surface area contributed by atoms with Crippen molar-refractivity contribution >= 4 is 58.3 Å². The molecule has 0 saturated heterocycles. The zero-order valence-electron chi connectivity index (χ0n) is 24.7. The van der Waals surface area contributed by atoms with Crippen molar-refractivity contribution in [3.05, 3.63) is 118 Å². The lowest BCUT2D eigenvalue weighted by molar-refractivity contribution is 0.0517. The van der Waals surface area contributed by atoms with E-state index < -0.39 is 17.8 Å². The number of hydrogen-bond acceptors (Lipinski definition) is 9. The average molecular weight is 654 g/mol. The summed E-state index contributed by atoms with van der Waals surface area (Å²) in [6.45, 7) is 4.02. The monoisotopic (exact) mass is 652 g/mol.